The number of hydrogen-bond acceptors (Lipinski definition) is 10. The summed E-state index contributed by atoms with van der Waals surface area (Å²) < 4.78 is 37.0. The summed E-state index contributed by atoms with van der Waals surface area (Å²) in [6.07, 6.45) is 4.34. The monoisotopic (exact) mass is 778 g/mol. The summed E-state index contributed by atoms with van der Waals surface area (Å²) in [5.41, 5.74) is 5.07. The second-order valence-electron chi connectivity index (χ2n) is 12.7. The Morgan fingerprint density at radius 1 is 0.889 bits per heavy atom. The van der Waals surface area contributed by atoms with Crippen molar-refractivity contribution in [3.05, 3.63) is 137 Å². The molecule has 0 bridgehead atoms. The van der Waals surface area contributed by atoms with Gasteiger partial charge < -0.3 is 4.74 Å². The van der Waals surface area contributed by atoms with E-state index in [2.05, 4.69) is 10.2 Å². The predicted molar refractivity (Wildman–Crippen MR) is 207 cm³/mol. The third-order valence-electron chi connectivity index (χ3n) is 9.17. The standard InChI is InChI=1S/C40H32F2N6O3S3/c41-28-17-13-25(14-18-28)21-27-7-6-10-31-37(27)46-48(38(31)26-15-19-29(42)20-16-26)35(49)22-51-36(50)24-52-39-45-44-34(47(39)30-8-2-1-3-9-30)23-53-40-43-32-11-4-5-12-33(32)54-40/h1-5,8-9,11-21,31,38H,6-7,10,22-24H2/b27-21-. The van der Waals surface area contributed by atoms with Crippen LogP contribution in [0.25, 0.3) is 22.0 Å². The number of amides is 1. The number of rotatable bonds is 11. The van der Waals surface area contributed by atoms with Crippen molar-refractivity contribution in [1.82, 2.24) is 24.8 Å². The van der Waals surface area contributed by atoms with Crippen LogP contribution in [0.5, 0.6) is 0 Å². The lowest BCUT2D eigenvalue weighted by atomic mass is 9.77. The molecule has 2 atom stereocenters. The summed E-state index contributed by atoms with van der Waals surface area (Å²) in [7, 11) is 0. The number of benzene rings is 4. The van der Waals surface area contributed by atoms with Gasteiger partial charge in [-0.3, -0.25) is 14.2 Å². The highest BCUT2D eigenvalue weighted by Crippen LogP contribution is 2.44. The molecule has 1 saturated carbocycles. The first-order valence-electron chi connectivity index (χ1n) is 17.3. The number of esters is 1. The fourth-order valence-electron chi connectivity index (χ4n) is 6.70. The molecule has 4 aromatic carbocycles. The molecule has 6 aromatic rings. The smallest absolute Gasteiger partial charge is 0.316 e. The van der Waals surface area contributed by atoms with Crippen molar-refractivity contribution in [2.75, 3.05) is 12.4 Å². The first kappa shape index (κ1) is 35.8. The second kappa shape index (κ2) is 16.0. The van der Waals surface area contributed by atoms with Crippen LogP contribution in [0.3, 0.4) is 0 Å². The van der Waals surface area contributed by atoms with Crippen LogP contribution in [0, 0.1) is 17.6 Å². The Labute approximate surface area is 322 Å². The number of allylic oxidation sites excluding steroid dienone is 1. The molecule has 1 aliphatic carbocycles. The number of hydrogen-bond donors (Lipinski definition) is 0. The maximum Gasteiger partial charge on any atom is 0.316 e. The van der Waals surface area contributed by atoms with Gasteiger partial charge in [-0.1, -0.05) is 78.1 Å². The Morgan fingerprint density at radius 3 is 2.41 bits per heavy atom. The van der Waals surface area contributed by atoms with E-state index in [0.717, 1.165) is 61.9 Å². The highest BCUT2D eigenvalue weighted by molar-refractivity contribution is 8.00. The summed E-state index contributed by atoms with van der Waals surface area (Å²) in [5, 5.41) is 15.5. The molecular weight excluding hydrogens is 747 g/mol. The molecule has 2 aliphatic rings. The van der Waals surface area contributed by atoms with Gasteiger partial charge in [0.15, 0.2) is 16.1 Å². The number of nitrogens with zero attached hydrogens (tertiary/aromatic N) is 6. The second-order valence-corrected chi connectivity index (χ2v) is 15.9. The Kier molecular flexibility index (Phi) is 10.6. The predicted octanol–water partition coefficient (Wildman–Crippen LogP) is 8.91. The zero-order valence-corrected chi connectivity index (χ0v) is 31.1. The summed E-state index contributed by atoms with van der Waals surface area (Å²) in [4.78, 5) is 31.6. The van der Waals surface area contributed by atoms with Crippen molar-refractivity contribution in [1.29, 1.82) is 0 Å². The van der Waals surface area contributed by atoms with Gasteiger partial charge in [-0.2, -0.15) is 5.10 Å². The molecule has 1 fully saturated rings. The quantitative estimate of drug-likeness (QED) is 0.0950. The number of thioether (sulfide) groups is 2. The van der Waals surface area contributed by atoms with Gasteiger partial charge in [-0.25, -0.2) is 18.8 Å². The topological polar surface area (TPSA) is 103 Å². The number of fused-ring (bicyclic) bond motifs is 2. The maximum absolute atomic E-state index is 14.0. The van der Waals surface area contributed by atoms with Gasteiger partial charge in [0.2, 0.25) is 0 Å². The number of aromatic nitrogens is 4. The van der Waals surface area contributed by atoms with Gasteiger partial charge in [0.25, 0.3) is 5.91 Å². The molecule has 8 rings (SSSR count). The van der Waals surface area contributed by atoms with Gasteiger partial charge in [0.1, 0.15) is 17.5 Å². The maximum atomic E-state index is 14.0. The van der Waals surface area contributed by atoms with Gasteiger partial charge in [-0.05, 0) is 90.6 Å². The number of para-hydroxylation sites is 2. The number of halogens is 2. The molecule has 0 radical (unpaired) electrons. The van der Waals surface area contributed by atoms with Crippen molar-refractivity contribution < 1.29 is 23.1 Å². The number of carbonyl (C=O) groups excluding carboxylic acids is 2. The van der Waals surface area contributed by atoms with Gasteiger partial charge in [-0.15, -0.1) is 21.5 Å². The lowest BCUT2D eigenvalue weighted by molar-refractivity contribution is -0.151. The van der Waals surface area contributed by atoms with Crippen molar-refractivity contribution in [3.8, 4) is 5.69 Å². The minimum atomic E-state index is -0.596. The lowest BCUT2D eigenvalue weighted by Gasteiger charge is -2.29. The molecule has 9 nitrogen and oxygen atoms in total. The zero-order valence-electron chi connectivity index (χ0n) is 28.7. The summed E-state index contributed by atoms with van der Waals surface area (Å²) in [5.74, 6) is -0.832. The first-order valence-corrected chi connectivity index (χ1v) is 20.1. The summed E-state index contributed by atoms with van der Waals surface area (Å²) in [6.45, 7) is -0.521. The first-order chi connectivity index (χ1) is 26.4. The van der Waals surface area contributed by atoms with E-state index in [1.165, 1.54) is 41.0 Å². The largest absolute Gasteiger partial charge is 0.455 e. The van der Waals surface area contributed by atoms with E-state index in [1.54, 1.807) is 47.4 Å². The number of carbonyl (C=O) groups is 2. The van der Waals surface area contributed by atoms with Crippen molar-refractivity contribution in [2.45, 2.75) is 40.6 Å². The third-order valence-corrected chi connectivity index (χ3v) is 12.2. The average molecular weight is 779 g/mol. The SMILES string of the molecule is O=C(CSc1nnc(CSc2nc3ccccc3s2)n1-c1ccccc1)OCC(=O)N1N=C2/C(=C\c3ccc(F)cc3)CCCC2C1c1ccc(F)cc1. The Morgan fingerprint density at radius 2 is 1.63 bits per heavy atom. The summed E-state index contributed by atoms with van der Waals surface area (Å²) >= 11 is 4.36. The molecule has 54 heavy (non-hydrogen) atoms. The molecular formula is C40H32F2N6O3S3. The van der Waals surface area contributed by atoms with E-state index in [4.69, 9.17) is 14.8 Å². The van der Waals surface area contributed by atoms with Crippen molar-refractivity contribution >= 4 is 68.7 Å². The summed E-state index contributed by atoms with van der Waals surface area (Å²) in [6, 6.07) is 29.4. The fraction of sp³-hybridized carbons (Fsp3) is 0.200. The number of ether oxygens (including phenoxy) is 1. The number of hydrazone groups is 1. The molecule has 1 amide bonds. The van der Waals surface area contributed by atoms with Crippen LogP contribution >= 0.6 is 34.9 Å². The lowest BCUT2D eigenvalue weighted by Crippen LogP contribution is -2.34. The van der Waals surface area contributed by atoms with Gasteiger partial charge in [0, 0.05) is 11.6 Å². The molecule has 2 unspecified atom stereocenters. The van der Waals surface area contributed by atoms with Crippen molar-refractivity contribution in [3.63, 3.8) is 0 Å². The van der Waals surface area contributed by atoms with E-state index in [0.29, 0.717) is 16.7 Å². The highest BCUT2D eigenvalue weighted by atomic mass is 32.2. The molecule has 14 heteroatoms. The molecule has 0 N–H and O–H groups in total. The van der Waals surface area contributed by atoms with Crippen molar-refractivity contribution in [2.24, 2.45) is 11.0 Å². The fourth-order valence-corrected chi connectivity index (χ4v) is 9.45. The van der Waals surface area contributed by atoms with Crippen LogP contribution in [-0.2, 0) is 20.1 Å². The van der Waals surface area contributed by atoms with Crippen LogP contribution < -0.4 is 0 Å². The number of thiazole rings is 1. The van der Waals surface area contributed by atoms with E-state index in [-0.39, 0.29) is 23.3 Å². The Bertz CT molecular complexity index is 2330. The minimum absolute atomic E-state index is 0.105. The van der Waals surface area contributed by atoms with Gasteiger partial charge in [0.05, 0.1) is 33.5 Å². The molecule has 1 aliphatic heterocycles. The van der Waals surface area contributed by atoms with E-state index >= 15 is 0 Å². The Balaban J connectivity index is 0.960. The molecule has 2 aromatic heterocycles. The molecule has 272 valence electrons. The van der Waals surface area contributed by atoms with Crippen LogP contribution in [0.2, 0.25) is 0 Å². The van der Waals surface area contributed by atoms with Crippen LogP contribution in [-0.4, -0.2) is 54.7 Å². The third kappa shape index (κ3) is 7.86. The normalized spacial score (nSPS) is 17.5. The van der Waals surface area contributed by atoms with Crippen LogP contribution in [0.15, 0.2) is 123 Å². The zero-order chi connectivity index (χ0) is 37.0. The van der Waals surface area contributed by atoms with Gasteiger partial charge >= 0.3 is 5.97 Å². The minimum Gasteiger partial charge on any atom is -0.455 e. The molecule has 0 saturated heterocycles. The van der Waals surface area contributed by atoms with E-state index in [9.17, 15) is 18.4 Å². The van der Waals surface area contributed by atoms with E-state index in [1.807, 2.05) is 65.2 Å². The molecule has 0 spiro atoms. The highest BCUT2D eigenvalue weighted by Gasteiger charge is 2.44. The molecule has 3 heterocycles. The Hall–Kier alpha value is -5.18. The van der Waals surface area contributed by atoms with E-state index < -0.39 is 24.5 Å². The average Bonchev–Trinajstić information content (AvgIpc) is 3.92. The van der Waals surface area contributed by atoms with Crippen LogP contribution in [0.1, 0.15) is 42.3 Å². The van der Waals surface area contributed by atoms with Crippen LogP contribution in [0.4, 0.5) is 8.78 Å².